The number of hydrogen-bond donors (Lipinski definition) is 0. The van der Waals surface area contributed by atoms with Crippen LogP contribution in [0.25, 0.3) is 10.6 Å². The molecular weight excluding hydrogens is 518 g/mol. The average Bonchev–Trinajstić information content (AvgIpc) is 2.48. The number of hydrogen-bond acceptors (Lipinski definition) is 2. The molecular formula is C20H37Cu2F5N4. The maximum absolute atomic E-state index is 11.9. The molecule has 0 saturated heterocycles. The zero-order valence-corrected chi connectivity index (χ0v) is 21.5. The van der Waals surface area contributed by atoms with Gasteiger partial charge in [-0.05, 0) is 23.9 Å². The average molecular weight is 556 g/mol. The van der Waals surface area contributed by atoms with Gasteiger partial charge in [-0.1, -0.05) is 79.9 Å². The summed E-state index contributed by atoms with van der Waals surface area (Å²) in [5.74, 6) is 0.864. The number of rotatable bonds is 7. The third-order valence-corrected chi connectivity index (χ3v) is 2.73. The van der Waals surface area contributed by atoms with Crippen molar-refractivity contribution < 1.29 is 56.1 Å². The predicted octanol–water partition coefficient (Wildman–Crippen LogP) is 7.54. The molecule has 0 amide bonds. The molecule has 11 heteroatoms. The van der Waals surface area contributed by atoms with Gasteiger partial charge in [0, 0.05) is 13.1 Å². The van der Waals surface area contributed by atoms with Gasteiger partial charge in [0.05, 0.1) is 0 Å². The monoisotopic (exact) mass is 554 g/mol. The third kappa shape index (κ3) is 31.9. The largest absolute Gasteiger partial charge is 1.00 e. The summed E-state index contributed by atoms with van der Waals surface area (Å²) in [5, 5.41) is 7.29. The SMILES string of the molecule is CCCC(=NC(C)(C)C)[N-]CC(F)(F)F.CCCC(=NC(C)(C)C)[N-]CC(F)F.[Cu+].[Cu+]. The van der Waals surface area contributed by atoms with Gasteiger partial charge < -0.3 is 20.6 Å². The Morgan fingerprint density at radius 3 is 1.35 bits per heavy atom. The van der Waals surface area contributed by atoms with Crippen molar-refractivity contribution in [2.75, 3.05) is 13.1 Å². The molecule has 0 fully saturated rings. The number of nitrogens with zero attached hydrogens (tertiary/aromatic N) is 4. The second kappa shape index (κ2) is 18.1. The minimum atomic E-state index is -4.24. The Labute approximate surface area is 206 Å². The van der Waals surface area contributed by atoms with Crippen LogP contribution >= 0.6 is 0 Å². The van der Waals surface area contributed by atoms with Crippen LogP contribution in [0.2, 0.25) is 0 Å². The minimum absolute atomic E-state index is 0. The van der Waals surface area contributed by atoms with E-state index >= 15 is 0 Å². The standard InChI is InChI=1S/C10H18F3N2.C10H19F2N2.2Cu/c1-5-6-8(15-9(2,3)4)14-7-10(11,12)13;1-5-6-9(13-7-8(11)12)14-10(2,3)4;;/h5-7H2,1-4H3;8H,5-7H2,1-4H3;;/q2*-1;2*+1. The minimum Gasteiger partial charge on any atom is -0.464 e. The molecule has 0 aliphatic rings. The molecule has 0 rings (SSSR count). The Bertz CT molecular complexity index is 497. The van der Waals surface area contributed by atoms with Crippen molar-refractivity contribution >= 4 is 11.7 Å². The molecule has 0 heterocycles. The summed E-state index contributed by atoms with van der Waals surface area (Å²) in [5.41, 5.74) is -0.615. The van der Waals surface area contributed by atoms with E-state index < -0.39 is 25.7 Å². The molecule has 0 radical (unpaired) electrons. The predicted molar refractivity (Wildman–Crippen MR) is 113 cm³/mol. The summed E-state index contributed by atoms with van der Waals surface area (Å²) in [4.78, 5) is 8.44. The summed E-state index contributed by atoms with van der Waals surface area (Å²) in [7, 11) is 0. The molecule has 0 atom stereocenters. The van der Waals surface area contributed by atoms with Crippen LogP contribution < -0.4 is 0 Å². The summed E-state index contributed by atoms with van der Waals surface area (Å²) in [6.07, 6.45) is -3.83. The number of alkyl halides is 5. The van der Waals surface area contributed by atoms with E-state index in [4.69, 9.17) is 0 Å². The van der Waals surface area contributed by atoms with Crippen molar-refractivity contribution in [2.24, 2.45) is 9.98 Å². The quantitative estimate of drug-likeness (QED) is 0.135. The van der Waals surface area contributed by atoms with E-state index in [0.717, 1.165) is 12.8 Å². The summed E-state index contributed by atoms with van der Waals surface area (Å²) in [6, 6.07) is 0. The fourth-order valence-electron chi connectivity index (χ4n) is 1.92. The van der Waals surface area contributed by atoms with Crippen LogP contribution in [0.4, 0.5) is 22.0 Å². The zero-order valence-electron chi connectivity index (χ0n) is 19.6. The molecule has 4 nitrogen and oxygen atoms in total. The number of halogens is 5. The van der Waals surface area contributed by atoms with Gasteiger partial charge in [-0.3, -0.25) is 0 Å². The molecule has 0 aliphatic carbocycles. The van der Waals surface area contributed by atoms with Crippen LogP contribution in [-0.4, -0.2) is 48.4 Å². The molecule has 0 spiro atoms. The molecule has 0 unspecified atom stereocenters. The molecule has 0 bridgehead atoms. The molecule has 194 valence electrons. The Morgan fingerprint density at radius 1 is 0.742 bits per heavy atom. The first-order valence-electron chi connectivity index (χ1n) is 9.86. The second-order valence-corrected chi connectivity index (χ2v) is 8.56. The molecule has 0 aromatic rings. The first kappa shape index (κ1) is 37.9. The zero-order chi connectivity index (χ0) is 23.3. The second-order valence-electron chi connectivity index (χ2n) is 8.56. The van der Waals surface area contributed by atoms with Gasteiger partial charge >= 0.3 is 40.3 Å². The summed E-state index contributed by atoms with van der Waals surface area (Å²) < 4.78 is 59.7. The first-order valence-corrected chi connectivity index (χ1v) is 9.86. The van der Waals surface area contributed by atoms with Crippen LogP contribution in [0.5, 0.6) is 0 Å². The van der Waals surface area contributed by atoms with Crippen molar-refractivity contribution in [1.29, 1.82) is 0 Å². The maximum Gasteiger partial charge on any atom is 1.00 e. The molecule has 31 heavy (non-hydrogen) atoms. The van der Waals surface area contributed by atoms with Crippen molar-refractivity contribution in [3.63, 3.8) is 0 Å². The van der Waals surface area contributed by atoms with Crippen LogP contribution in [0.15, 0.2) is 9.98 Å². The van der Waals surface area contributed by atoms with E-state index in [-0.39, 0.29) is 45.2 Å². The van der Waals surface area contributed by atoms with Crippen molar-refractivity contribution in [3.05, 3.63) is 10.6 Å². The first-order chi connectivity index (χ1) is 13.0. The van der Waals surface area contributed by atoms with Crippen LogP contribution in [-0.2, 0) is 34.1 Å². The van der Waals surface area contributed by atoms with Gasteiger partial charge in [-0.2, -0.15) is 13.2 Å². The van der Waals surface area contributed by atoms with Gasteiger partial charge in [0.15, 0.2) is 0 Å². The van der Waals surface area contributed by atoms with E-state index in [2.05, 4.69) is 20.6 Å². The van der Waals surface area contributed by atoms with Crippen molar-refractivity contribution in [2.45, 2.75) is 105 Å². The van der Waals surface area contributed by atoms with E-state index in [1.54, 1.807) is 0 Å². The van der Waals surface area contributed by atoms with Gasteiger partial charge in [-0.15, -0.1) is 0 Å². The Balaban J connectivity index is -0.000000221. The molecule has 0 aromatic heterocycles. The van der Waals surface area contributed by atoms with Gasteiger partial charge in [-0.25, -0.2) is 8.78 Å². The van der Waals surface area contributed by atoms with E-state index in [1.165, 1.54) is 0 Å². The fraction of sp³-hybridized carbons (Fsp3) is 0.900. The van der Waals surface area contributed by atoms with E-state index in [0.29, 0.717) is 24.5 Å². The Hall–Kier alpha value is -0.371. The number of amidine groups is 2. The normalized spacial score (nSPS) is 13.0. The van der Waals surface area contributed by atoms with Crippen LogP contribution in [0, 0.1) is 0 Å². The van der Waals surface area contributed by atoms with Gasteiger partial charge in [0.25, 0.3) is 0 Å². The van der Waals surface area contributed by atoms with E-state index in [1.807, 2.05) is 55.4 Å². The third-order valence-electron chi connectivity index (χ3n) is 2.73. The molecule has 0 aliphatic heterocycles. The topological polar surface area (TPSA) is 52.9 Å². The fourth-order valence-corrected chi connectivity index (χ4v) is 1.92. The smallest absolute Gasteiger partial charge is 0.464 e. The summed E-state index contributed by atoms with van der Waals surface area (Å²) in [6.45, 7) is 13.6. The van der Waals surface area contributed by atoms with Crippen LogP contribution in [0.1, 0.15) is 81.1 Å². The molecule has 0 N–H and O–H groups in total. The van der Waals surface area contributed by atoms with Crippen molar-refractivity contribution in [1.82, 2.24) is 0 Å². The van der Waals surface area contributed by atoms with E-state index in [9.17, 15) is 22.0 Å². The number of aliphatic imine (C=N–C) groups is 2. The molecule has 0 aromatic carbocycles. The van der Waals surface area contributed by atoms with Crippen molar-refractivity contribution in [3.8, 4) is 0 Å². The summed E-state index contributed by atoms with van der Waals surface area (Å²) >= 11 is 0. The Morgan fingerprint density at radius 2 is 1.10 bits per heavy atom. The van der Waals surface area contributed by atoms with Crippen LogP contribution in [0.3, 0.4) is 0 Å². The molecule has 0 saturated carbocycles. The van der Waals surface area contributed by atoms with Gasteiger partial charge in [0.1, 0.15) is 0 Å². The maximum atomic E-state index is 11.9. The van der Waals surface area contributed by atoms with Gasteiger partial charge in [0.2, 0.25) is 6.43 Å². The Kier molecular flexibility index (Phi) is 22.1.